The van der Waals surface area contributed by atoms with E-state index in [-0.39, 0.29) is 17.7 Å². The summed E-state index contributed by atoms with van der Waals surface area (Å²) in [6.07, 6.45) is 3.64. The minimum absolute atomic E-state index is 0.0563. The lowest BCUT2D eigenvalue weighted by Gasteiger charge is -2.23. The number of nitrogens with zero attached hydrogens (tertiary/aromatic N) is 3. The van der Waals surface area contributed by atoms with E-state index in [2.05, 4.69) is 15.7 Å². The van der Waals surface area contributed by atoms with Gasteiger partial charge in [0.25, 0.3) is 5.91 Å². The first-order valence-electron chi connectivity index (χ1n) is 10.4. The zero-order chi connectivity index (χ0) is 22.4. The second kappa shape index (κ2) is 8.15. The number of aryl methyl sites for hydroxylation is 1. The van der Waals surface area contributed by atoms with Gasteiger partial charge in [0.05, 0.1) is 24.1 Å². The van der Waals surface area contributed by atoms with Gasteiger partial charge in [-0.1, -0.05) is 29.3 Å². The Morgan fingerprint density at radius 3 is 2.75 bits per heavy atom. The van der Waals surface area contributed by atoms with Crippen molar-refractivity contribution in [3.8, 4) is 0 Å². The van der Waals surface area contributed by atoms with Crippen molar-refractivity contribution in [3.63, 3.8) is 0 Å². The molecule has 9 heteroatoms. The van der Waals surface area contributed by atoms with Gasteiger partial charge in [-0.3, -0.25) is 14.3 Å². The van der Waals surface area contributed by atoms with Crippen molar-refractivity contribution in [2.24, 2.45) is 13.0 Å². The molecular weight excluding hydrogens is 449 g/mol. The molecule has 2 amide bonds. The van der Waals surface area contributed by atoms with Crippen molar-refractivity contribution in [2.45, 2.75) is 25.9 Å². The van der Waals surface area contributed by atoms with Gasteiger partial charge in [-0.2, -0.15) is 5.10 Å². The maximum absolute atomic E-state index is 13.6. The van der Waals surface area contributed by atoms with Crippen molar-refractivity contribution in [2.75, 3.05) is 10.2 Å². The van der Waals surface area contributed by atoms with E-state index in [1.807, 2.05) is 13.1 Å². The summed E-state index contributed by atoms with van der Waals surface area (Å²) in [4.78, 5) is 27.2. The van der Waals surface area contributed by atoms with Crippen LogP contribution in [-0.4, -0.2) is 21.6 Å². The topological polar surface area (TPSA) is 79.3 Å². The van der Waals surface area contributed by atoms with Gasteiger partial charge in [-0.05, 0) is 48.7 Å². The van der Waals surface area contributed by atoms with E-state index in [1.165, 1.54) is 0 Å². The van der Waals surface area contributed by atoms with E-state index in [0.29, 0.717) is 34.4 Å². The Labute approximate surface area is 195 Å². The van der Waals surface area contributed by atoms with Crippen molar-refractivity contribution >= 4 is 52.2 Å². The summed E-state index contributed by atoms with van der Waals surface area (Å²) in [7, 11) is 1.84. The first kappa shape index (κ1) is 20.8. The Bertz CT molecular complexity index is 1240. The highest BCUT2D eigenvalue weighted by atomic mass is 35.5. The van der Waals surface area contributed by atoms with Gasteiger partial charge in [0, 0.05) is 40.7 Å². The first-order valence-corrected chi connectivity index (χ1v) is 11.1. The fraction of sp³-hybridized carbons (Fsp3) is 0.261. The number of aromatic nitrogens is 2. The van der Waals surface area contributed by atoms with E-state index in [4.69, 9.17) is 23.2 Å². The minimum Gasteiger partial charge on any atom is -0.352 e. The van der Waals surface area contributed by atoms with Crippen molar-refractivity contribution in [1.29, 1.82) is 0 Å². The van der Waals surface area contributed by atoms with Gasteiger partial charge in [-0.25, -0.2) is 0 Å². The number of carbonyl (C=O) groups is 2. The number of anilines is 3. The molecule has 2 N–H and O–H groups in total. The zero-order valence-corrected chi connectivity index (χ0v) is 18.9. The third-order valence-corrected chi connectivity index (χ3v) is 6.38. The molecule has 0 spiro atoms. The average Bonchev–Trinajstić information content (AvgIpc) is 3.58. The number of carbonyl (C=O) groups excluding carboxylic acids is 2. The fourth-order valence-electron chi connectivity index (χ4n) is 3.82. The third kappa shape index (κ3) is 3.94. The highest BCUT2D eigenvalue weighted by Gasteiger charge is 2.30. The number of hydrogen-bond acceptors (Lipinski definition) is 4. The molecule has 0 saturated heterocycles. The number of amides is 2. The Morgan fingerprint density at radius 2 is 2.00 bits per heavy atom. The largest absolute Gasteiger partial charge is 0.352 e. The van der Waals surface area contributed by atoms with Crippen LogP contribution in [0.3, 0.4) is 0 Å². The number of benzene rings is 2. The second-order valence-electron chi connectivity index (χ2n) is 8.12. The molecule has 2 aromatic carbocycles. The van der Waals surface area contributed by atoms with E-state index < -0.39 is 0 Å². The molecule has 1 fully saturated rings. The summed E-state index contributed by atoms with van der Waals surface area (Å²) < 4.78 is 1.73. The van der Waals surface area contributed by atoms with Crippen LogP contribution in [0.2, 0.25) is 10.0 Å². The molecule has 0 radical (unpaired) electrons. The van der Waals surface area contributed by atoms with Gasteiger partial charge >= 0.3 is 0 Å². The molecule has 164 valence electrons. The van der Waals surface area contributed by atoms with Crippen LogP contribution >= 0.6 is 23.2 Å². The molecule has 1 saturated carbocycles. The summed E-state index contributed by atoms with van der Waals surface area (Å²) in [5.74, 6) is 0.809. The van der Waals surface area contributed by atoms with Gasteiger partial charge in [0.15, 0.2) is 0 Å². The molecule has 0 atom stereocenters. The summed E-state index contributed by atoms with van der Waals surface area (Å²) in [5, 5.41) is 11.6. The van der Waals surface area contributed by atoms with Gasteiger partial charge in [0.1, 0.15) is 5.82 Å². The van der Waals surface area contributed by atoms with Crippen LogP contribution in [0.1, 0.15) is 34.3 Å². The van der Waals surface area contributed by atoms with E-state index >= 15 is 0 Å². The van der Waals surface area contributed by atoms with Crippen molar-refractivity contribution in [1.82, 2.24) is 15.1 Å². The first-order chi connectivity index (χ1) is 15.4. The molecule has 3 aromatic rings. The summed E-state index contributed by atoms with van der Waals surface area (Å²) >= 11 is 12.7. The maximum atomic E-state index is 13.6. The van der Waals surface area contributed by atoms with E-state index in [9.17, 15) is 9.59 Å². The molecule has 32 heavy (non-hydrogen) atoms. The molecule has 2 aliphatic rings. The van der Waals surface area contributed by atoms with Crippen LogP contribution in [0.4, 0.5) is 17.2 Å². The van der Waals surface area contributed by atoms with Crippen LogP contribution in [0.5, 0.6) is 0 Å². The second-order valence-corrected chi connectivity index (χ2v) is 8.96. The summed E-state index contributed by atoms with van der Waals surface area (Å²) in [5.41, 5.74) is 3.56. The number of fused-ring (bicyclic) bond motifs is 2. The van der Waals surface area contributed by atoms with Gasteiger partial charge < -0.3 is 15.5 Å². The molecule has 1 aliphatic carbocycles. The van der Waals surface area contributed by atoms with Crippen LogP contribution in [-0.2, 0) is 24.9 Å². The van der Waals surface area contributed by atoms with Crippen LogP contribution < -0.4 is 15.5 Å². The Kier molecular flexibility index (Phi) is 5.31. The van der Waals surface area contributed by atoms with E-state index in [0.717, 1.165) is 35.5 Å². The predicted molar refractivity (Wildman–Crippen MR) is 124 cm³/mol. The van der Waals surface area contributed by atoms with Gasteiger partial charge in [0.2, 0.25) is 5.91 Å². The Morgan fingerprint density at radius 1 is 1.19 bits per heavy atom. The SMILES string of the molecule is Cn1ncc2c1Nc1cc(Cl)ccc1N(C(=O)c1ccc(CNC(=O)C3CC3)c(Cl)c1)C2. The number of nitrogens with one attached hydrogen (secondary N) is 2. The standard InChI is InChI=1S/C23H21Cl2N5O2/c1-29-21-16(11-27-29)12-30(20-7-6-17(24)9-19(20)28-21)23(32)14-4-5-15(18(25)8-14)10-26-22(31)13-2-3-13/h4-9,11,13,28H,2-3,10,12H2,1H3,(H,26,31). The highest BCUT2D eigenvalue weighted by Crippen LogP contribution is 2.38. The molecule has 0 bridgehead atoms. The minimum atomic E-state index is -0.192. The molecule has 2 heterocycles. The predicted octanol–water partition coefficient (Wildman–Crippen LogP) is 4.66. The number of rotatable bonds is 4. The zero-order valence-electron chi connectivity index (χ0n) is 17.4. The smallest absolute Gasteiger partial charge is 0.258 e. The molecule has 0 unspecified atom stereocenters. The van der Waals surface area contributed by atoms with Gasteiger partial charge in [-0.15, -0.1) is 0 Å². The lowest BCUT2D eigenvalue weighted by atomic mass is 10.1. The molecule has 1 aromatic heterocycles. The number of halogens is 2. The quantitative estimate of drug-likeness (QED) is 0.582. The van der Waals surface area contributed by atoms with Crippen LogP contribution in [0, 0.1) is 5.92 Å². The van der Waals surface area contributed by atoms with E-state index in [1.54, 1.807) is 46.1 Å². The Balaban J connectivity index is 1.44. The van der Waals surface area contributed by atoms with Crippen molar-refractivity contribution in [3.05, 3.63) is 69.3 Å². The molecule has 1 aliphatic heterocycles. The Hall–Kier alpha value is -3.03. The normalized spacial score (nSPS) is 14.8. The lowest BCUT2D eigenvalue weighted by molar-refractivity contribution is -0.122. The molecule has 7 nitrogen and oxygen atoms in total. The fourth-order valence-corrected chi connectivity index (χ4v) is 4.24. The summed E-state index contributed by atoms with van der Waals surface area (Å²) in [6, 6.07) is 10.6. The lowest BCUT2D eigenvalue weighted by Crippen LogP contribution is -2.30. The maximum Gasteiger partial charge on any atom is 0.258 e. The molecular formula is C23H21Cl2N5O2. The summed E-state index contributed by atoms with van der Waals surface area (Å²) in [6.45, 7) is 0.692. The third-order valence-electron chi connectivity index (χ3n) is 5.79. The van der Waals surface area contributed by atoms with Crippen LogP contribution in [0.25, 0.3) is 0 Å². The average molecular weight is 470 g/mol. The highest BCUT2D eigenvalue weighted by molar-refractivity contribution is 6.32. The van der Waals surface area contributed by atoms with Crippen LogP contribution in [0.15, 0.2) is 42.6 Å². The monoisotopic (exact) mass is 469 g/mol. The molecule has 5 rings (SSSR count). The van der Waals surface area contributed by atoms with Crippen molar-refractivity contribution < 1.29 is 9.59 Å². The number of hydrogen-bond donors (Lipinski definition) is 2.